The average Bonchev–Trinajstić information content (AvgIpc) is 3.08. The molecule has 1 atom stereocenters. The van der Waals surface area contributed by atoms with Gasteiger partial charge in [0.1, 0.15) is 11.6 Å². The molecule has 26 heavy (non-hydrogen) atoms. The van der Waals surface area contributed by atoms with Gasteiger partial charge in [0.05, 0.1) is 12.3 Å². The second-order valence-electron chi connectivity index (χ2n) is 7.28. The van der Waals surface area contributed by atoms with E-state index in [2.05, 4.69) is 15.2 Å². The van der Waals surface area contributed by atoms with Crippen LogP contribution in [0.3, 0.4) is 0 Å². The standard InChI is InChI=1S/C20H27N5O/c1-15-23-19-5-10-25(13-17-6-11-26-14-17)9-4-18(19)20(24-15)22-12-16-2-7-21-8-3-16/h2-3,7-8,17H,4-6,9-14H2,1H3,(H,22,23,24)/t17-/m1/s1. The minimum absolute atomic E-state index is 0.688. The van der Waals surface area contributed by atoms with Crippen LogP contribution in [0.25, 0.3) is 0 Å². The van der Waals surface area contributed by atoms with Crippen molar-refractivity contribution in [2.24, 2.45) is 5.92 Å². The van der Waals surface area contributed by atoms with Crippen molar-refractivity contribution in [1.29, 1.82) is 0 Å². The third kappa shape index (κ3) is 4.19. The lowest BCUT2D eigenvalue weighted by Gasteiger charge is -2.22. The Morgan fingerprint density at radius 3 is 2.85 bits per heavy atom. The Balaban J connectivity index is 1.46. The van der Waals surface area contributed by atoms with Crippen molar-refractivity contribution in [3.63, 3.8) is 0 Å². The minimum atomic E-state index is 0.688. The van der Waals surface area contributed by atoms with E-state index in [1.165, 1.54) is 23.2 Å². The number of ether oxygens (including phenoxy) is 1. The number of aryl methyl sites for hydroxylation is 1. The van der Waals surface area contributed by atoms with Gasteiger partial charge in [0.25, 0.3) is 0 Å². The maximum atomic E-state index is 5.54. The van der Waals surface area contributed by atoms with Crippen molar-refractivity contribution in [2.75, 3.05) is 38.2 Å². The molecule has 0 unspecified atom stereocenters. The first-order valence-electron chi connectivity index (χ1n) is 9.57. The van der Waals surface area contributed by atoms with Gasteiger partial charge in [-0.05, 0) is 43.4 Å². The van der Waals surface area contributed by atoms with E-state index >= 15 is 0 Å². The number of aromatic nitrogens is 3. The molecule has 2 aromatic rings. The average molecular weight is 353 g/mol. The van der Waals surface area contributed by atoms with Crippen molar-refractivity contribution in [3.8, 4) is 0 Å². The van der Waals surface area contributed by atoms with Gasteiger partial charge in [0.2, 0.25) is 0 Å². The molecule has 4 heterocycles. The summed E-state index contributed by atoms with van der Waals surface area (Å²) in [4.78, 5) is 16.1. The molecule has 0 radical (unpaired) electrons. The van der Waals surface area contributed by atoms with Gasteiger partial charge in [-0.1, -0.05) is 0 Å². The van der Waals surface area contributed by atoms with E-state index in [9.17, 15) is 0 Å². The molecule has 1 fully saturated rings. The second kappa shape index (κ2) is 8.10. The summed E-state index contributed by atoms with van der Waals surface area (Å²) in [5, 5.41) is 3.53. The maximum absolute atomic E-state index is 5.54. The number of hydrogen-bond acceptors (Lipinski definition) is 6. The molecule has 1 saturated heterocycles. The molecule has 2 aliphatic rings. The van der Waals surface area contributed by atoms with E-state index in [4.69, 9.17) is 14.7 Å². The van der Waals surface area contributed by atoms with E-state index in [0.717, 1.165) is 63.9 Å². The molecule has 6 heteroatoms. The summed E-state index contributed by atoms with van der Waals surface area (Å²) in [5.41, 5.74) is 3.70. The molecular formula is C20H27N5O. The number of nitrogens with one attached hydrogen (secondary N) is 1. The minimum Gasteiger partial charge on any atom is -0.381 e. The fourth-order valence-corrected chi connectivity index (χ4v) is 3.88. The van der Waals surface area contributed by atoms with Gasteiger partial charge < -0.3 is 15.0 Å². The summed E-state index contributed by atoms with van der Waals surface area (Å²) in [7, 11) is 0. The summed E-state index contributed by atoms with van der Waals surface area (Å²) in [6, 6.07) is 4.07. The largest absolute Gasteiger partial charge is 0.381 e. The fourth-order valence-electron chi connectivity index (χ4n) is 3.88. The van der Waals surface area contributed by atoms with Gasteiger partial charge in [-0.15, -0.1) is 0 Å². The predicted molar refractivity (Wildman–Crippen MR) is 101 cm³/mol. The highest BCUT2D eigenvalue weighted by atomic mass is 16.5. The van der Waals surface area contributed by atoms with E-state index in [0.29, 0.717) is 5.92 Å². The van der Waals surface area contributed by atoms with Crippen LogP contribution in [-0.2, 0) is 24.1 Å². The molecule has 0 saturated carbocycles. The van der Waals surface area contributed by atoms with Gasteiger partial charge in [-0.3, -0.25) is 4.98 Å². The summed E-state index contributed by atoms with van der Waals surface area (Å²) in [6.45, 7) is 7.86. The number of pyridine rings is 1. The van der Waals surface area contributed by atoms with Gasteiger partial charge in [-0.2, -0.15) is 0 Å². The monoisotopic (exact) mass is 353 g/mol. The van der Waals surface area contributed by atoms with E-state index in [1.54, 1.807) is 0 Å². The van der Waals surface area contributed by atoms with Crippen LogP contribution in [0.5, 0.6) is 0 Å². The van der Waals surface area contributed by atoms with Crippen molar-refractivity contribution in [3.05, 3.63) is 47.2 Å². The van der Waals surface area contributed by atoms with Crippen molar-refractivity contribution >= 4 is 5.82 Å². The van der Waals surface area contributed by atoms with Gasteiger partial charge >= 0.3 is 0 Å². The van der Waals surface area contributed by atoms with Crippen LogP contribution in [0, 0.1) is 12.8 Å². The molecule has 2 aliphatic heterocycles. The molecule has 1 N–H and O–H groups in total. The molecule has 6 nitrogen and oxygen atoms in total. The first kappa shape index (κ1) is 17.4. The summed E-state index contributed by atoms with van der Waals surface area (Å²) in [5.74, 6) is 2.53. The molecule has 138 valence electrons. The molecule has 4 rings (SSSR count). The quantitative estimate of drug-likeness (QED) is 0.889. The fraction of sp³-hybridized carbons (Fsp3) is 0.550. The summed E-state index contributed by atoms with van der Waals surface area (Å²) >= 11 is 0. The van der Waals surface area contributed by atoms with Gasteiger partial charge in [0.15, 0.2) is 0 Å². The second-order valence-corrected chi connectivity index (χ2v) is 7.28. The smallest absolute Gasteiger partial charge is 0.133 e. The molecule has 0 bridgehead atoms. The molecular weight excluding hydrogens is 326 g/mol. The Labute approximate surface area is 155 Å². The number of anilines is 1. The Morgan fingerprint density at radius 2 is 2.04 bits per heavy atom. The molecule has 2 aromatic heterocycles. The molecule has 0 aromatic carbocycles. The van der Waals surface area contributed by atoms with Crippen molar-refractivity contribution < 1.29 is 4.74 Å². The van der Waals surface area contributed by atoms with Crippen LogP contribution in [0.15, 0.2) is 24.5 Å². The van der Waals surface area contributed by atoms with Crippen molar-refractivity contribution in [2.45, 2.75) is 32.7 Å². The highest BCUT2D eigenvalue weighted by molar-refractivity contribution is 5.48. The highest BCUT2D eigenvalue weighted by Crippen LogP contribution is 2.23. The Kier molecular flexibility index (Phi) is 5.41. The molecule has 0 spiro atoms. The van der Waals surface area contributed by atoms with Gasteiger partial charge in [0, 0.05) is 57.2 Å². The lowest BCUT2D eigenvalue weighted by atomic mass is 10.1. The lowest BCUT2D eigenvalue weighted by molar-refractivity contribution is 0.168. The van der Waals surface area contributed by atoms with E-state index in [1.807, 2.05) is 31.5 Å². The predicted octanol–water partition coefficient (Wildman–Crippen LogP) is 2.23. The van der Waals surface area contributed by atoms with Crippen molar-refractivity contribution in [1.82, 2.24) is 19.9 Å². The van der Waals surface area contributed by atoms with Gasteiger partial charge in [-0.25, -0.2) is 9.97 Å². The molecule has 0 amide bonds. The third-order valence-electron chi connectivity index (χ3n) is 5.30. The summed E-state index contributed by atoms with van der Waals surface area (Å²) in [6.07, 6.45) is 6.85. The maximum Gasteiger partial charge on any atom is 0.133 e. The Bertz CT molecular complexity index is 730. The van der Waals surface area contributed by atoms with Crippen LogP contribution in [0.4, 0.5) is 5.82 Å². The third-order valence-corrected chi connectivity index (χ3v) is 5.30. The zero-order valence-electron chi connectivity index (χ0n) is 15.4. The topological polar surface area (TPSA) is 63.2 Å². The van der Waals surface area contributed by atoms with Crippen LogP contribution >= 0.6 is 0 Å². The first-order valence-corrected chi connectivity index (χ1v) is 9.57. The van der Waals surface area contributed by atoms with Crippen LogP contribution in [0.2, 0.25) is 0 Å². The number of fused-ring (bicyclic) bond motifs is 1. The van der Waals surface area contributed by atoms with Crippen LogP contribution in [0.1, 0.15) is 29.1 Å². The highest BCUT2D eigenvalue weighted by Gasteiger charge is 2.23. The number of nitrogens with zero attached hydrogens (tertiary/aromatic N) is 4. The molecule has 0 aliphatic carbocycles. The Hall–Kier alpha value is -2.05. The van der Waals surface area contributed by atoms with Crippen LogP contribution < -0.4 is 5.32 Å². The zero-order valence-corrected chi connectivity index (χ0v) is 15.4. The van der Waals surface area contributed by atoms with E-state index in [-0.39, 0.29) is 0 Å². The zero-order chi connectivity index (χ0) is 17.8. The Morgan fingerprint density at radius 1 is 1.19 bits per heavy atom. The summed E-state index contributed by atoms with van der Waals surface area (Å²) < 4.78 is 5.54. The number of rotatable bonds is 5. The lowest BCUT2D eigenvalue weighted by Crippen LogP contribution is -2.32. The SMILES string of the molecule is Cc1nc2c(c(NCc3ccncc3)n1)CCN(C[C@H]1CCOC1)CC2. The van der Waals surface area contributed by atoms with E-state index < -0.39 is 0 Å². The van der Waals surface area contributed by atoms with Crippen LogP contribution in [-0.4, -0.2) is 52.7 Å². The number of hydrogen-bond donors (Lipinski definition) is 1. The first-order chi connectivity index (χ1) is 12.8. The normalized spacial score (nSPS) is 20.6.